The first kappa shape index (κ1) is 14.2. The summed E-state index contributed by atoms with van der Waals surface area (Å²) in [6, 6.07) is 0.641. The van der Waals surface area contributed by atoms with Crippen molar-refractivity contribution in [1.29, 1.82) is 0 Å². The van der Waals surface area contributed by atoms with Gasteiger partial charge < -0.3 is 10.0 Å². The van der Waals surface area contributed by atoms with E-state index in [0.29, 0.717) is 6.04 Å². The lowest BCUT2D eigenvalue weighted by atomic mass is 9.74. The molecule has 0 aromatic heterocycles. The normalized spacial score (nSPS) is 31.3. The summed E-state index contributed by atoms with van der Waals surface area (Å²) < 4.78 is 0. The molecule has 1 saturated carbocycles. The summed E-state index contributed by atoms with van der Waals surface area (Å²) >= 11 is 0. The standard InChI is InChI=1S/C16H25NO2/c1-4-17(13-7-5-6-8-13)14-9-10-16(3,15(18)19)12(2)11-14/h9-13H,4-8H2,1-3H3,(H,18,19). The maximum atomic E-state index is 11.4. The SMILES string of the molecule is CCN(C1=CC(C)C(C)(C(=O)O)C=C1)C1CCCC1. The van der Waals surface area contributed by atoms with Crippen molar-refractivity contribution in [3.8, 4) is 0 Å². The molecule has 2 atom stereocenters. The molecule has 0 amide bonds. The smallest absolute Gasteiger partial charge is 0.313 e. The summed E-state index contributed by atoms with van der Waals surface area (Å²) in [5, 5.41) is 9.37. The zero-order valence-corrected chi connectivity index (χ0v) is 12.2. The highest BCUT2D eigenvalue weighted by atomic mass is 16.4. The van der Waals surface area contributed by atoms with E-state index in [0.717, 1.165) is 6.54 Å². The molecule has 2 aliphatic carbocycles. The molecule has 0 heterocycles. The van der Waals surface area contributed by atoms with E-state index in [1.807, 2.05) is 19.1 Å². The predicted octanol–water partition coefficient (Wildman–Crippen LogP) is 3.43. The van der Waals surface area contributed by atoms with Gasteiger partial charge in [0, 0.05) is 18.3 Å². The summed E-state index contributed by atoms with van der Waals surface area (Å²) in [6.07, 6.45) is 11.2. The van der Waals surface area contributed by atoms with Crippen LogP contribution in [0.1, 0.15) is 46.5 Å². The first-order chi connectivity index (χ1) is 8.99. The minimum absolute atomic E-state index is 0.0282. The average molecular weight is 263 g/mol. The minimum atomic E-state index is -0.765. The highest BCUT2D eigenvalue weighted by molar-refractivity contribution is 5.78. The molecule has 3 nitrogen and oxygen atoms in total. The van der Waals surface area contributed by atoms with Gasteiger partial charge in [-0.05, 0) is 38.7 Å². The molecule has 0 bridgehead atoms. The summed E-state index contributed by atoms with van der Waals surface area (Å²) in [6.45, 7) is 6.98. The largest absolute Gasteiger partial charge is 0.481 e. The number of aliphatic carboxylic acids is 1. The highest BCUT2D eigenvalue weighted by Gasteiger charge is 2.38. The van der Waals surface area contributed by atoms with Crippen molar-refractivity contribution in [2.45, 2.75) is 52.5 Å². The number of hydrogen-bond donors (Lipinski definition) is 1. The maximum Gasteiger partial charge on any atom is 0.313 e. The van der Waals surface area contributed by atoms with Crippen LogP contribution in [0, 0.1) is 11.3 Å². The fourth-order valence-corrected chi connectivity index (χ4v) is 3.22. The van der Waals surface area contributed by atoms with Crippen molar-refractivity contribution in [2.24, 2.45) is 11.3 Å². The zero-order valence-electron chi connectivity index (χ0n) is 12.2. The molecule has 19 heavy (non-hydrogen) atoms. The van der Waals surface area contributed by atoms with Gasteiger partial charge in [0.05, 0.1) is 5.41 Å². The van der Waals surface area contributed by atoms with Crippen LogP contribution in [-0.2, 0) is 4.79 Å². The summed E-state index contributed by atoms with van der Waals surface area (Å²) in [7, 11) is 0. The molecular weight excluding hydrogens is 238 g/mol. The Labute approximate surface area is 116 Å². The lowest BCUT2D eigenvalue weighted by molar-refractivity contribution is -0.146. The van der Waals surface area contributed by atoms with Crippen molar-refractivity contribution in [2.75, 3.05) is 6.54 Å². The van der Waals surface area contributed by atoms with Crippen LogP contribution in [0.15, 0.2) is 23.9 Å². The molecule has 0 radical (unpaired) electrons. The summed E-state index contributed by atoms with van der Waals surface area (Å²) in [5.74, 6) is -0.712. The van der Waals surface area contributed by atoms with Gasteiger partial charge in [-0.2, -0.15) is 0 Å². The molecule has 2 aliphatic rings. The van der Waals surface area contributed by atoms with Gasteiger partial charge in [0.1, 0.15) is 0 Å². The molecule has 0 aromatic rings. The third kappa shape index (κ3) is 2.56. The van der Waals surface area contributed by atoms with Gasteiger partial charge in [0.25, 0.3) is 0 Å². The lowest BCUT2D eigenvalue weighted by Gasteiger charge is -2.36. The third-order valence-corrected chi connectivity index (χ3v) is 4.87. The molecule has 3 heteroatoms. The van der Waals surface area contributed by atoms with Gasteiger partial charge in [-0.15, -0.1) is 0 Å². The molecule has 1 N–H and O–H groups in total. The Balaban J connectivity index is 2.18. The zero-order chi connectivity index (χ0) is 14.0. The molecule has 0 aromatic carbocycles. The Morgan fingerprint density at radius 3 is 2.58 bits per heavy atom. The maximum absolute atomic E-state index is 11.4. The van der Waals surface area contributed by atoms with Crippen LogP contribution in [0.2, 0.25) is 0 Å². The lowest BCUT2D eigenvalue weighted by Crippen LogP contribution is -2.37. The fraction of sp³-hybridized carbons (Fsp3) is 0.688. The van der Waals surface area contributed by atoms with Crippen LogP contribution in [0.4, 0.5) is 0 Å². The van der Waals surface area contributed by atoms with Gasteiger partial charge in [0.2, 0.25) is 0 Å². The number of carbonyl (C=O) groups is 1. The van der Waals surface area contributed by atoms with E-state index < -0.39 is 11.4 Å². The Bertz CT molecular complexity index is 407. The minimum Gasteiger partial charge on any atom is -0.481 e. The van der Waals surface area contributed by atoms with E-state index >= 15 is 0 Å². The summed E-state index contributed by atoms with van der Waals surface area (Å²) in [5.41, 5.74) is 0.444. The van der Waals surface area contributed by atoms with Gasteiger partial charge in [-0.25, -0.2) is 0 Å². The molecular formula is C16H25NO2. The van der Waals surface area contributed by atoms with E-state index in [4.69, 9.17) is 0 Å². The van der Waals surface area contributed by atoms with E-state index in [2.05, 4.69) is 17.9 Å². The highest BCUT2D eigenvalue weighted by Crippen LogP contribution is 2.37. The summed E-state index contributed by atoms with van der Waals surface area (Å²) in [4.78, 5) is 13.8. The monoisotopic (exact) mass is 263 g/mol. The number of rotatable bonds is 4. The van der Waals surface area contributed by atoms with Crippen LogP contribution >= 0.6 is 0 Å². The molecule has 0 aliphatic heterocycles. The number of carboxylic acid groups (broad SMARTS) is 1. The Morgan fingerprint density at radius 1 is 1.47 bits per heavy atom. The predicted molar refractivity (Wildman–Crippen MR) is 76.8 cm³/mol. The molecule has 0 saturated heterocycles. The van der Waals surface area contributed by atoms with Gasteiger partial charge >= 0.3 is 5.97 Å². The first-order valence-electron chi connectivity index (χ1n) is 7.40. The van der Waals surface area contributed by atoms with Crippen LogP contribution < -0.4 is 0 Å². The van der Waals surface area contributed by atoms with E-state index in [-0.39, 0.29) is 5.92 Å². The van der Waals surface area contributed by atoms with Crippen LogP contribution in [0.25, 0.3) is 0 Å². The Morgan fingerprint density at radius 2 is 2.11 bits per heavy atom. The quantitative estimate of drug-likeness (QED) is 0.844. The van der Waals surface area contributed by atoms with Crippen molar-refractivity contribution in [1.82, 2.24) is 4.90 Å². The average Bonchev–Trinajstić information content (AvgIpc) is 2.88. The molecule has 1 fully saturated rings. The van der Waals surface area contributed by atoms with Crippen molar-refractivity contribution >= 4 is 5.97 Å². The topological polar surface area (TPSA) is 40.5 Å². The number of nitrogens with zero attached hydrogens (tertiary/aromatic N) is 1. The molecule has 106 valence electrons. The van der Waals surface area contributed by atoms with Gasteiger partial charge in [0.15, 0.2) is 0 Å². The second-order valence-corrected chi connectivity index (χ2v) is 6.03. The van der Waals surface area contributed by atoms with Gasteiger partial charge in [-0.1, -0.05) is 31.9 Å². The second kappa shape index (κ2) is 5.40. The molecule has 0 spiro atoms. The van der Waals surface area contributed by atoms with Crippen molar-refractivity contribution < 1.29 is 9.90 Å². The van der Waals surface area contributed by atoms with Crippen LogP contribution in [-0.4, -0.2) is 28.6 Å². The fourth-order valence-electron chi connectivity index (χ4n) is 3.22. The number of hydrogen-bond acceptors (Lipinski definition) is 2. The van der Waals surface area contributed by atoms with E-state index in [1.165, 1.54) is 31.4 Å². The van der Waals surface area contributed by atoms with Crippen LogP contribution in [0.5, 0.6) is 0 Å². The molecule has 2 rings (SSSR count). The number of likely N-dealkylation sites (N-methyl/N-ethyl adjacent to an activating group) is 1. The number of carboxylic acids is 1. The van der Waals surface area contributed by atoms with E-state index in [9.17, 15) is 9.90 Å². The Kier molecular flexibility index (Phi) is 4.02. The number of allylic oxidation sites excluding steroid dienone is 2. The third-order valence-electron chi connectivity index (χ3n) is 4.87. The van der Waals surface area contributed by atoms with Gasteiger partial charge in [-0.3, -0.25) is 4.79 Å². The second-order valence-electron chi connectivity index (χ2n) is 6.03. The first-order valence-corrected chi connectivity index (χ1v) is 7.40. The van der Waals surface area contributed by atoms with Crippen molar-refractivity contribution in [3.05, 3.63) is 23.9 Å². The molecule has 2 unspecified atom stereocenters. The van der Waals surface area contributed by atoms with Crippen LogP contribution in [0.3, 0.4) is 0 Å². The van der Waals surface area contributed by atoms with Crippen molar-refractivity contribution in [3.63, 3.8) is 0 Å². The van der Waals surface area contributed by atoms with E-state index in [1.54, 1.807) is 6.92 Å². The Hall–Kier alpha value is -1.25.